The smallest absolute Gasteiger partial charge is 0.297 e. The number of carbonyl (C=O) groups excluding carboxylic acids is 1. The number of morpholine rings is 1. The number of piperidine rings is 1. The zero-order valence-corrected chi connectivity index (χ0v) is 50.1. The first-order chi connectivity index (χ1) is 42.2. The van der Waals surface area contributed by atoms with Gasteiger partial charge in [-0.3, -0.25) is 24.7 Å². The summed E-state index contributed by atoms with van der Waals surface area (Å²) in [4.78, 5) is 50.8. The van der Waals surface area contributed by atoms with Crippen molar-refractivity contribution in [3.63, 3.8) is 0 Å². The largest absolute Gasteiger partial charge is 0.493 e. The van der Waals surface area contributed by atoms with Gasteiger partial charge in [0.1, 0.15) is 29.9 Å². The zero-order chi connectivity index (χ0) is 59.7. The molecule has 7 aliphatic heterocycles. The number of piperazine rings is 1. The number of aromatic amines is 1. The SMILES string of the molecule is COc1cc(CN2CCN(C3CC4(CCN(c5cc(N6c7cc8cc[nH]c8nc7O[C@H]7COCC[C@@H]76)c(C(=O)NS(=O)(=O)c6cc7c(c([N+](=O)[O-])c6)N[C@H](C6CCOCC6)CO7)cc5F)CC4)C3)[C@H](c3ccccc3C)C2)cnc1N1CCOC[C@@H]1C. The van der Waals surface area contributed by atoms with Gasteiger partial charge in [-0.15, -0.1) is 0 Å². The first kappa shape index (κ1) is 57.4. The highest BCUT2D eigenvalue weighted by molar-refractivity contribution is 7.90. The van der Waals surface area contributed by atoms with Crippen LogP contribution in [-0.4, -0.2) is 167 Å². The summed E-state index contributed by atoms with van der Waals surface area (Å²) in [5, 5.41) is 16.6. The van der Waals surface area contributed by atoms with E-state index in [1.165, 1.54) is 17.2 Å². The van der Waals surface area contributed by atoms with Crippen LogP contribution in [0, 0.1) is 34.2 Å². The van der Waals surface area contributed by atoms with Crippen molar-refractivity contribution >= 4 is 61.2 Å². The minimum atomic E-state index is -4.85. The Bertz CT molecular complexity index is 3720. The molecule has 22 nitrogen and oxygen atoms in total. The molecule has 5 saturated heterocycles. The fourth-order valence-corrected chi connectivity index (χ4v) is 16.0. The van der Waals surface area contributed by atoms with Crippen LogP contribution in [0.25, 0.3) is 11.0 Å². The summed E-state index contributed by atoms with van der Waals surface area (Å²) in [6.07, 6.45) is 8.87. The molecule has 1 spiro atoms. The Balaban J connectivity index is 0.722. The molecule has 460 valence electrons. The van der Waals surface area contributed by atoms with E-state index in [4.69, 9.17) is 38.4 Å². The molecule has 1 aliphatic carbocycles. The summed E-state index contributed by atoms with van der Waals surface area (Å²) in [7, 11) is -3.14. The Labute approximate surface area is 504 Å². The Kier molecular flexibility index (Phi) is 15.4. The third kappa shape index (κ3) is 10.9. The predicted octanol–water partition coefficient (Wildman–Crippen LogP) is 8.26. The number of fused-ring (bicyclic) bond motifs is 4. The van der Waals surface area contributed by atoms with Crippen molar-refractivity contribution in [2.45, 2.75) is 107 Å². The number of nitro benzene ring substituents is 1. The fourth-order valence-electron chi connectivity index (χ4n) is 15.0. The molecule has 3 aromatic heterocycles. The Morgan fingerprint density at radius 1 is 0.920 bits per heavy atom. The van der Waals surface area contributed by atoms with Gasteiger partial charge in [-0.2, -0.15) is 4.98 Å². The number of hydrogen-bond acceptors (Lipinski definition) is 19. The molecule has 8 aliphatic rings. The van der Waals surface area contributed by atoms with Gasteiger partial charge in [-0.25, -0.2) is 22.5 Å². The lowest BCUT2D eigenvalue weighted by molar-refractivity contribution is -0.384. The summed E-state index contributed by atoms with van der Waals surface area (Å²) in [6.45, 7) is 12.8. The van der Waals surface area contributed by atoms with Gasteiger partial charge in [-0.05, 0) is 117 Å². The maximum atomic E-state index is 17.4. The van der Waals surface area contributed by atoms with Gasteiger partial charge in [0.25, 0.3) is 21.6 Å². The average Bonchev–Trinajstić information content (AvgIpc) is 1.40. The fraction of sp³-hybridized carbons (Fsp3) is 0.508. The molecule has 3 N–H and O–H groups in total. The summed E-state index contributed by atoms with van der Waals surface area (Å²) in [5.74, 6) is 0.165. The van der Waals surface area contributed by atoms with Crippen LogP contribution >= 0.6 is 0 Å². The van der Waals surface area contributed by atoms with Crippen molar-refractivity contribution in [3.8, 4) is 17.4 Å². The summed E-state index contributed by atoms with van der Waals surface area (Å²) >= 11 is 0. The first-order valence-electron chi connectivity index (χ1n) is 30.6. The van der Waals surface area contributed by atoms with E-state index in [9.17, 15) is 23.3 Å². The molecule has 0 unspecified atom stereocenters. The highest BCUT2D eigenvalue weighted by atomic mass is 32.2. The number of amides is 1. The number of H-pyrrole nitrogens is 1. The third-order valence-electron chi connectivity index (χ3n) is 19.7. The number of halogens is 1. The van der Waals surface area contributed by atoms with Gasteiger partial charge in [0.2, 0.25) is 5.88 Å². The molecule has 87 heavy (non-hydrogen) atoms. The van der Waals surface area contributed by atoms with Gasteiger partial charge in [0.05, 0.1) is 71.8 Å². The maximum absolute atomic E-state index is 17.4. The van der Waals surface area contributed by atoms with Crippen molar-refractivity contribution < 1.29 is 50.9 Å². The number of anilines is 5. The van der Waals surface area contributed by atoms with E-state index in [-0.39, 0.29) is 76.9 Å². The van der Waals surface area contributed by atoms with Crippen LogP contribution in [0.4, 0.5) is 38.6 Å². The maximum Gasteiger partial charge on any atom is 0.297 e. The van der Waals surface area contributed by atoms with E-state index in [2.05, 4.69) is 73.9 Å². The van der Waals surface area contributed by atoms with Crippen molar-refractivity contribution in [2.75, 3.05) is 113 Å². The normalized spacial score (nSPS) is 24.5. The highest BCUT2D eigenvalue weighted by Gasteiger charge is 2.51. The Morgan fingerprint density at radius 3 is 2.52 bits per heavy atom. The first-order valence-corrected chi connectivity index (χ1v) is 32.1. The number of carbonyl (C=O) groups is 1. The lowest BCUT2D eigenvalue weighted by Gasteiger charge is -2.58. The molecule has 1 saturated carbocycles. The number of aromatic nitrogens is 3. The van der Waals surface area contributed by atoms with Gasteiger partial charge in [-0.1, -0.05) is 24.3 Å². The van der Waals surface area contributed by atoms with Crippen LogP contribution in [0.2, 0.25) is 0 Å². The van der Waals surface area contributed by atoms with Crippen LogP contribution in [0.5, 0.6) is 17.4 Å². The number of hydrogen-bond donors (Lipinski definition) is 3. The van der Waals surface area contributed by atoms with Crippen molar-refractivity contribution in [2.24, 2.45) is 11.3 Å². The molecule has 3 aromatic carbocycles. The standard InChI is InChI=1S/C63H74FN11O11S/c1-38-6-4-5-7-45(38)54-34-70(33-40-24-56(81-3)60(66-32-40)72-19-23-84-35-39(72)2)17-18-73(54)43-30-63(31-43)12-15-71(16-13-63)51-29-50(74-49-11-22-83-37-57(49)86-62-53(74)25-42-8-14-65-59(42)68-62)46(28-47(51)64)61(76)69-87(79,80)44-26-52(75(77)78)58-55(27-44)85-36-48(67-58)41-9-20-82-21-10-41/h4-8,14,24-29,32,39,41,43,48-49,54,57,67H,9-13,15-23,30-31,33-37H2,1-3H3,(H,65,68)(H,69,76)/t39-,48-,49-,54-,57-/m0/s1. The number of nitrogens with one attached hydrogen (secondary N) is 3. The van der Waals surface area contributed by atoms with E-state index in [1.807, 2.05) is 28.1 Å². The highest BCUT2D eigenvalue weighted by Crippen LogP contribution is 2.54. The lowest BCUT2D eigenvalue weighted by Crippen LogP contribution is -2.60. The molecular weight excluding hydrogens is 1140 g/mol. The summed E-state index contributed by atoms with van der Waals surface area (Å²) in [6, 6.07) is 19.6. The molecule has 0 radical (unpaired) electrons. The number of nitrogens with zero attached hydrogens (tertiary/aromatic N) is 8. The second-order valence-electron chi connectivity index (χ2n) is 24.9. The van der Waals surface area contributed by atoms with Crippen LogP contribution in [0.3, 0.4) is 0 Å². The van der Waals surface area contributed by atoms with E-state index >= 15 is 4.39 Å². The van der Waals surface area contributed by atoms with Gasteiger partial charge >= 0.3 is 0 Å². The molecule has 6 fully saturated rings. The van der Waals surface area contributed by atoms with E-state index in [1.54, 1.807) is 19.4 Å². The number of methoxy groups -OCH3 is 1. The van der Waals surface area contributed by atoms with Crippen LogP contribution < -0.4 is 38.9 Å². The summed E-state index contributed by atoms with van der Waals surface area (Å²) in [5.41, 5.74) is 4.68. The molecule has 24 heteroatoms. The second kappa shape index (κ2) is 23.3. The number of aryl methyl sites for hydroxylation is 1. The number of nitro groups is 1. The second-order valence-corrected chi connectivity index (χ2v) is 26.6. The van der Waals surface area contributed by atoms with Crippen molar-refractivity contribution in [3.05, 3.63) is 117 Å². The quantitative estimate of drug-likeness (QED) is 0.0729. The molecule has 0 bridgehead atoms. The van der Waals surface area contributed by atoms with Crippen molar-refractivity contribution in [1.29, 1.82) is 0 Å². The van der Waals surface area contributed by atoms with Crippen LogP contribution in [0.15, 0.2) is 84.0 Å². The van der Waals surface area contributed by atoms with Gasteiger partial charge < -0.3 is 53.4 Å². The molecule has 1 amide bonds. The predicted molar refractivity (Wildman–Crippen MR) is 324 cm³/mol. The number of pyridine rings is 2. The van der Waals surface area contributed by atoms with Gasteiger partial charge in [0, 0.05) is 108 Å². The Morgan fingerprint density at radius 2 is 1.72 bits per heavy atom. The number of rotatable bonds is 13. The van der Waals surface area contributed by atoms with Gasteiger partial charge in [0.15, 0.2) is 23.0 Å². The van der Waals surface area contributed by atoms with Crippen molar-refractivity contribution in [1.82, 2.24) is 29.5 Å². The monoisotopic (exact) mass is 1210 g/mol. The zero-order valence-electron chi connectivity index (χ0n) is 49.3. The molecule has 6 aromatic rings. The lowest BCUT2D eigenvalue weighted by atomic mass is 9.59. The summed E-state index contributed by atoms with van der Waals surface area (Å²) < 4.78 is 84.1. The van der Waals surface area contributed by atoms with Crippen LogP contribution in [-0.2, 0) is 30.8 Å². The number of ether oxygens (including phenoxy) is 6. The van der Waals surface area contributed by atoms with E-state index in [0.717, 1.165) is 106 Å². The topological polar surface area (TPSA) is 232 Å². The molecular formula is C63H74FN11O11S. The minimum Gasteiger partial charge on any atom is -0.493 e. The molecule has 10 heterocycles. The molecule has 5 atom stereocenters. The molecule has 14 rings (SSSR count). The Hall–Kier alpha value is -7.35. The van der Waals surface area contributed by atoms with E-state index < -0.39 is 49.4 Å². The van der Waals surface area contributed by atoms with Crippen LogP contribution in [0.1, 0.15) is 85.0 Å². The average molecular weight is 1210 g/mol. The third-order valence-corrected chi connectivity index (χ3v) is 21.0. The number of benzene rings is 3. The number of sulfonamides is 1. The van der Waals surface area contributed by atoms with E-state index in [0.29, 0.717) is 69.9 Å². The minimum absolute atomic E-state index is 0.0338.